The molecular formula is C14H12ClF3N2O4S. The smallest absolute Gasteiger partial charge is 0.416 e. The lowest BCUT2D eigenvalue weighted by molar-refractivity contribution is -0.137. The van der Waals surface area contributed by atoms with Crippen molar-refractivity contribution in [2.75, 3.05) is 11.8 Å². The molecule has 0 saturated heterocycles. The molecule has 0 bridgehead atoms. The molecule has 0 unspecified atom stereocenters. The molecule has 0 saturated carbocycles. The number of H-pyrrole nitrogens is 1. The average molecular weight is 397 g/mol. The number of nitrogens with one attached hydrogen (secondary N) is 2. The predicted molar refractivity (Wildman–Crippen MR) is 84.1 cm³/mol. The summed E-state index contributed by atoms with van der Waals surface area (Å²) in [5, 5.41) is -0.396. The zero-order chi connectivity index (χ0) is 19.0. The number of methoxy groups -OCH3 is 1. The van der Waals surface area contributed by atoms with Crippen LogP contribution in [-0.4, -0.2) is 26.5 Å². The molecule has 11 heteroatoms. The van der Waals surface area contributed by atoms with Gasteiger partial charge in [-0.15, -0.1) is 0 Å². The zero-order valence-corrected chi connectivity index (χ0v) is 14.4. The van der Waals surface area contributed by atoms with E-state index >= 15 is 0 Å². The maximum Gasteiger partial charge on any atom is 0.416 e. The van der Waals surface area contributed by atoms with E-state index in [1.54, 1.807) is 6.92 Å². The van der Waals surface area contributed by atoms with E-state index in [9.17, 15) is 26.4 Å². The molecule has 25 heavy (non-hydrogen) atoms. The topological polar surface area (TPSA) is 88.3 Å². The first-order valence-electron chi connectivity index (χ1n) is 6.63. The van der Waals surface area contributed by atoms with Crippen molar-refractivity contribution in [1.29, 1.82) is 0 Å². The molecule has 0 aliphatic carbocycles. The van der Waals surface area contributed by atoms with Gasteiger partial charge in [-0.3, -0.25) is 4.72 Å². The van der Waals surface area contributed by atoms with Gasteiger partial charge in [-0.05, 0) is 31.2 Å². The minimum Gasteiger partial charge on any atom is -0.464 e. The number of anilines is 1. The zero-order valence-electron chi connectivity index (χ0n) is 12.9. The molecule has 1 aromatic heterocycles. The van der Waals surface area contributed by atoms with Crippen molar-refractivity contribution in [3.8, 4) is 0 Å². The normalized spacial score (nSPS) is 12.1. The monoisotopic (exact) mass is 396 g/mol. The Labute approximate surface area is 146 Å². The van der Waals surface area contributed by atoms with Crippen LogP contribution >= 0.6 is 11.6 Å². The van der Waals surface area contributed by atoms with Gasteiger partial charge in [-0.1, -0.05) is 11.6 Å². The van der Waals surface area contributed by atoms with Crippen molar-refractivity contribution in [3.05, 3.63) is 46.2 Å². The summed E-state index contributed by atoms with van der Waals surface area (Å²) >= 11 is 5.75. The average Bonchev–Trinajstić information content (AvgIpc) is 2.85. The predicted octanol–water partition coefficient (Wildman–Crippen LogP) is 3.58. The molecule has 0 aliphatic rings. The lowest BCUT2D eigenvalue weighted by atomic mass is 10.2. The van der Waals surface area contributed by atoms with Gasteiger partial charge < -0.3 is 9.72 Å². The molecule has 0 atom stereocenters. The van der Waals surface area contributed by atoms with Crippen LogP contribution in [0.3, 0.4) is 0 Å². The van der Waals surface area contributed by atoms with E-state index in [2.05, 4.69) is 9.72 Å². The molecule has 0 spiro atoms. The van der Waals surface area contributed by atoms with E-state index in [1.807, 2.05) is 4.72 Å². The highest BCUT2D eigenvalue weighted by Gasteiger charge is 2.33. The Morgan fingerprint density at radius 3 is 2.48 bits per heavy atom. The third kappa shape index (κ3) is 4.07. The number of esters is 1. The van der Waals surface area contributed by atoms with Gasteiger partial charge >= 0.3 is 12.1 Å². The molecule has 0 fully saturated rings. The second kappa shape index (κ2) is 6.60. The fourth-order valence-corrected chi connectivity index (χ4v) is 3.61. The van der Waals surface area contributed by atoms with Crippen molar-refractivity contribution in [3.63, 3.8) is 0 Å². The fraction of sp³-hybridized carbons (Fsp3) is 0.214. The number of aromatic nitrogens is 1. The van der Waals surface area contributed by atoms with Crippen molar-refractivity contribution >= 4 is 33.3 Å². The summed E-state index contributed by atoms with van der Waals surface area (Å²) in [6, 6.07) is 3.22. The molecule has 0 aliphatic heterocycles. The Kier molecular flexibility index (Phi) is 5.05. The largest absolute Gasteiger partial charge is 0.464 e. The fourth-order valence-electron chi connectivity index (χ4n) is 2.02. The first kappa shape index (κ1) is 19.1. The Balaban J connectivity index is 2.49. The Bertz CT molecular complexity index is 923. The van der Waals surface area contributed by atoms with Crippen LogP contribution in [-0.2, 0) is 20.9 Å². The third-order valence-electron chi connectivity index (χ3n) is 3.13. The van der Waals surface area contributed by atoms with Crippen molar-refractivity contribution in [2.24, 2.45) is 0 Å². The van der Waals surface area contributed by atoms with Crippen molar-refractivity contribution in [2.45, 2.75) is 18.0 Å². The van der Waals surface area contributed by atoms with Crippen LogP contribution in [0.1, 0.15) is 21.7 Å². The minimum absolute atomic E-state index is 0.169. The summed E-state index contributed by atoms with van der Waals surface area (Å²) in [5.74, 6) is -0.846. The van der Waals surface area contributed by atoms with Gasteiger partial charge in [0.05, 0.1) is 23.4 Å². The van der Waals surface area contributed by atoms with Gasteiger partial charge in [0.1, 0.15) is 10.6 Å². The number of rotatable bonds is 4. The lowest BCUT2D eigenvalue weighted by Crippen LogP contribution is -2.17. The van der Waals surface area contributed by atoms with Crippen LogP contribution in [0.5, 0.6) is 0 Å². The number of alkyl halides is 3. The summed E-state index contributed by atoms with van der Waals surface area (Å²) in [5.41, 5.74) is -1.09. The maximum absolute atomic E-state index is 12.8. The molecule has 6 nitrogen and oxygen atoms in total. The highest BCUT2D eigenvalue weighted by Crippen LogP contribution is 2.34. The number of aromatic amines is 1. The molecule has 0 radical (unpaired) electrons. The number of hydrogen-bond acceptors (Lipinski definition) is 4. The van der Waals surface area contributed by atoms with Gasteiger partial charge in [0.2, 0.25) is 0 Å². The van der Waals surface area contributed by atoms with Crippen LogP contribution in [0.2, 0.25) is 5.02 Å². The van der Waals surface area contributed by atoms with Crippen LogP contribution < -0.4 is 4.72 Å². The number of aryl methyl sites for hydroxylation is 1. The summed E-state index contributed by atoms with van der Waals surface area (Å²) in [6.07, 6.45) is -4.74. The molecule has 1 aromatic carbocycles. The molecule has 2 aromatic rings. The minimum atomic E-state index is -4.74. The first-order valence-corrected chi connectivity index (χ1v) is 8.49. The van der Waals surface area contributed by atoms with E-state index in [-0.39, 0.29) is 11.4 Å². The van der Waals surface area contributed by atoms with Crippen molar-refractivity contribution < 1.29 is 31.1 Å². The van der Waals surface area contributed by atoms with E-state index in [4.69, 9.17) is 11.6 Å². The number of ether oxygens (including phenoxy) is 1. The number of carbonyl (C=O) groups excluding carboxylic acids is 1. The van der Waals surface area contributed by atoms with Gasteiger partial charge in [0.15, 0.2) is 0 Å². The number of carbonyl (C=O) groups is 1. The van der Waals surface area contributed by atoms with Gasteiger partial charge in [-0.2, -0.15) is 13.2 Å². The van der Waals surface area contributed by atoms with Crippen molar-refractivity contribution in [1.82, 2.24) is 4.98 Å². The summed E-state index contributed by atoms with van der Waals surface area (Å²) in [4.78, 5) is 13.5. The summed E-state index contributed by atoms with van der Waals surface area (Å²) in [6.45, 7) is 1.56. The molecule has 1 heterocycles. The lowest BCUT2D eigenvalue weighted by Gasteiger charge is -2.12. The maximum atomic E-state index is 12.8. The van der Waals surface area contributed by atoms with Crippen LogP contribution in [0.25, 0.3) is 0 Å². The Morgan fingerprint density at radius 1 is 1.28 bits per heavy atom. The Hall–Kier alpha value is -2.20. The second-order valence-electron chi connectivity index (χ2n) is 4.98. The number of sulfonamides is 1. The highest BCUT2D eigenvalue weighted by molar-refractivity contribution is 7.92. The van der Waals surface area contributed by atoms with E-state index < -0.39 is 37.7 Å². The standard InChI is InChI=1S/C14H12ClF3N2O4S/c1-7-5-10(12(19-7)13(21)24-2)20-25(22,23)11-6-8(14(16,17)18)3-4-9(11)15/h3-6,19-20H,1-2H3. The summed E-state index contributed by atoms with van der Waals surface area (Å²) < 4.78 is 69.9. The number of halogens is 4. The van der Waals surface area contributed by atoms with Gasteiger partial charge in [0.25, 0.3) is 10.0 Å². The third-order valence-corrected chi connectivity index (χ3v) is 4.98. The SMILES string of the molecule is COC(=O)c1[nH]c(C)cc1NS(=O)(=O)c1cc(C(F)(F)F)ccc1Cl. The van der Waals surface area contributed by atoms with Crippen LogP contribution in [0.4, 0.5) is 18.9 Å². The van der Waals surface area contributed by atoms with Gasteiger partial charge in [0, 0.05) is 5.69 Å². The molecule has 2 N–H and O–H groups in total. The van der Waals surface area contributed by atoms with E-state index in [1.165, 1.54) is 6.07 Å². The second-order valence-corrected chi connectivity index (χ2v) is 7.04. The van der Waals surface area contributed by atoms with Crippen LogP contribution in [0, 0.1) is 6.92 Å². The van der Waals surface area contributed by atoms with E-state index in [0.717, 1.165) is 13.2 Å². The number of hydrogen-bond donors (Lipinski definition) is 2. The Morgan fingerprint density at radius 2 is 1.92 bits per heavy atom. The highest BCUT2D eigenvalue weighted by atomic mass is 35.5. The summed E-state index contributed by atoms with van der Waals surface area (Å²) in [7, 11) is -3.39. The van der Waals surface area contributed by atoms with Gasteiger partial charge in [-0.25, -0.2) is 13.2 Å². The van der Waals surface area contributed by atoms with Crippen LogP contribution in [0.15, 0.2) is 29.2 Å². The molecule has 2 rings (SSSR count). The first-order chi connectivity index (χ1) is 11.5. The quantitative estimate of drug-likeness (QED) is 0.773. The van der Waals surface area contributed by atoms with E-state index in [0.29, 0.717) is 17.8 Å². The molecule has 136 valence electrons. The number of benzene rings is 1. The molecular weight excluding hydrogens is 385 g/mol. The molecule has 0 amide bonds.